The number of quaternary nitrogens is 1. The van der Waals surface area contributed by atoms with Crippen LogP contribution < -0.4 is 26.9 Å². The van der Waals surface area contributed by atoms with E-state index in [4.69, 9.17) is 10.6 Å². The van der Waals surface area contributed by atoms with E-state index in [1.807, 2.05) is 6.92 Å². The molecular weight excluding hydrogens is 797 g/mol. The molecule has 0 radical (unpaired) electrons. The van der Waals surface area contributed by atoms with Gasteiger partial charge >= 0.3 is 5.97 Å². The molecule has 58 heavy (non-hydrogen) atoms. The van der Waals surface area contributed by atoms with Gasteiger partial charge in [-0.2, -0.15) is 0 Å². The molecule has 7 N–H and O–H groups in total. The summed E-state index contributed by atoms with van der Waals surface area (Å²) in [6.07, 6.45) is 3.59. The Kier molecular flexibility index (Phi) is 10.2. The van der Waals surface area contributed by atoms with Gasteiger partial charge in [0.15, 0.2) is 22.3 Å². The van der Waals surface area contributed by atoms with Crippen LogP contribution in [0.1, 0.15) is 56.1 Å². The van der Waals surface area contributed by atoms with Crippen molar-refractivity contribution >= 4 is 74.5 Å². The number of anilines is 1. The molecule has 2 aromatic heterocycles. The van der Waals surface area contributed by atoms with Crippen molar-refractivity contribution < 1.29 is 53.7 Å². The third kappa shape index (κ3) is 7.10. The number of carbonyl (C=O) groups is 5. The number of phenolic OH excluding ortho intramolecular Hbond substituents is 2. The fourth-order valence-electron chi connectivity index (χ4n) is 8.08. The summed E-state index contributed by atoms with van der Waals surface area (Å²) in [5.41, 5.74) is 3.33. The van der Waals surface area contributed by atoms with Crippen molar-refractivity contribution in [2.75, 3.05) is 38.5 Å². The lowest BCUT2D eigenvalue weighted by Crippen LogP contribution is -2.72. The zero-order valence-electron chi connectivity index (χ0n) is 31.9. The van der Waals surface area contributed by atoms with Gasteiger partial charge in [-0.05, 0) is 26.8 Å². The number of carboxylic acids is 2. The number of nitrogen functional groups attached to an aromatic ring is 1. The summed E-state index contributed by atoms with van der Waals surface area (Å²) in [7, 11) is 1.63. The number of carbonyl (C=O) groups excluding carboxylic acids is 4. The summed E-state index contributed by atoms with van der Waals surface area (Å²) < 4.78 is 2.13. The van der Waals surface area contributed by atoms with Crippen molar-refractivity contribution in [3.05, 3.63) is 56.5 Å². The van der Waals surface area contributed by atoms with Gasteiger partial charge in [0.2, 0.25) is 11.0 Å². The Balaban J connectivity index is 1.03. The van der Waals surface area contributed by atoms with Crippen molar-refractivity contribution in [2.45, 2.75) is 62.3 Å². The molecule has 1 aromatic carbocycles. The Morgan fingerprint density at radius 2 is 1.79 bits per heavy atom. The minimum atomic E-state index is -1.80. The number of phenols is 2. The number of thiazole rings is 1. The van der Waals surface area contributed by atoms with E-state index >= 15 is 0 Å². The first-order valence-corrected chi connectivity index (χ1v) is 20.2. The molecular formula is C37H42N8O11S2. The molecule has 4 saturated heterocycles. The van der Waals surface area contributed by atoms with Crippen LogP contribution in [0.2, 0.25) is 0 Å². The van der Waals surface area contributed by atoms with Crippen molar-refractivity contribution in [1.82, 2.24) is 25.1 Å². The first-order chi connectivity index (χ1) is 27.2. The number of aryl methyl sites for hydroxylation is 1. The number of nitrogens with one attached hydrogen (secondary N) is 2. The van der Waals surface area contributed by atoms with E-state index in [0.29, 0.717) is 48.3 Å². The number of aromatic hydroxyl groups is 2. The Bertz CT molecular complexity index is 2380. The van der Waals surface area contributed by atoms with Gasteiger partial charge in [0.05, 0.1) is 42.2 Å². The maximum absolute atomic E-state index is 13.6. The first-order valence-electron chi connectivity index (χ1n) is 18.4. The van der Waals surface area contributed by atoms with E-state index < -0.39 is 63.6 Å². The van der Waals surface area contributed by atoms with E-state index in [-0.39, 0.29) is 43.9 Å². The summed E-state index contributed by atoms with van der Waals surface area (Å²) >= 11 is 2.33. The molecule has 4 fully saturated rings. The van der Waals surface area contributed by atoms with Gasteiger partial charge in [-0.15, -0.1) is 23.1 Å². The number of nitrogens with zero attached hydrogens (tertiary/aromatic N) is 5. The molecule has 8 rings (SSSR count). The number of aliphatic carboxylic acids is 2. The van der Waals surface area contributed by atoms with Crippen molar-refractivity contribution in [3.63, 3.8) is 0 Å². The SMILES string of the molecule is C[C@@H]1S[C@@H]2[C@H](NC(=O)C(=NOC(C)(C)C(=O)O)c3csc(N)n3)C(=O)N2C(C(=O)[O-])=C1C[N+]12CCC(CNC(=O)c3cn(C)c4cc(O)c(O)cc4c3=O)(CC1)CC2. The van der Waals surface area contributed by atoms with Gasteiger partial charge in [0.1, 0.15) is 29.2 Å². The third-order valence-corrected chi connectivity index (χ3v) is 13.9. The number of carboxylic acid groups (broad SMARTS) is 2. The zero-order chi connectivity index (χ0) is 42.1. The van der Waals surface area contributed by atoms with Gasteiger partial charge in [-0.25, -0.2) is 9.78 Å². The van der Waals surface area contributed by atoms with Crippen LogP contribution in [-0.4, -0.2) is 125 Å². The monoisotopic (exact) mass is 838 g/mol. The molecule has 7 heterocycles. The minimum Gasteiger partial charge on any atom is -0.543 e. The smallest absolute Gasteiger partial charge is 0.350 e. The standard InChI is InChI=1S/C37H42N8O11S2/c1-17-20(14-45-8-5-37(6-9-45,7-10-45)16-39-29(49)19-13-43(4)22-12-24(47)23(46)11-18(22)28(19)48)27(33(52)53)44-31(51)26(32(44)58-17)41-30(50)25(21-15-57-35(38)40-21)42-56-36(2,3)34(54)55/h11-13,15,17,26,32H,5-10,14,16H2,1-4H3,(H7-,38,39,40,41,42,46,47,48,49,50,52,53,54,55)/t17-,26+,32+,37?,45?/m0/s1. The molecule has 0 unspecified atom stereocenters. The number of rotatable bonds is 12. The summed E-state index contributed by atoms with van der Waals surface area (Å²) in [4.78, 5) is 88.4. The van der Waals surface area contributed by atoms with Gasteiger partial charge in [0, 0.05) is 66.7 Å². The Labute approximate surface area is 338 Å². The van der Waals surface area contributed by atoms with Crippen LogP contribution in [-0.2, 0) is 31.1 Å². The maximum Gasteiger partial charge on any atom is 0.350 e. The predicted molar refractivity (Wildman–Crippen MR) is 208 cm³/mol. The molecule has 21 heteroatoms. The molecule has 0 saturated carbocycles. The van der Waals surface area contributed by atoms with E-state index in [9.17, 15) is 49.2 Å². The van der Waals surface area contributed by atoms with E-state index in [1.54, 1.807) is 7.05 Å². The number of hydrogen-bond donors (Lipinski definition) is 6. The molecule has 5 aliphatic heterocycles. The lowest BCUT2D eigenvalue weighted by Gasteiger charge is -2.57. The van der Waals surface area contributed by atoms with Gasteiger partial charge in [-0.1, -0.05) is 5.16 Å². The van der Waals surface area contributed by atoms with Crippen molar-refractivity contribution in [2.24, 2.45) is 17.6 Å². The Morgan fingerprint density at radius 1 is 1.14 bits per heavy atom. The lowest BCUT2D eigenvalue weighted by molar-refractivity contribution is -0.941. The molecule has 5 aliphatic rings. The first kappa shape index (κ1) is 40.5. The third-order valence-electron chi connectivity index (χ3n) is 11.8. The Morgan fingerprint density at radius 3 is 2.40 bits per heavy atom. The topological polar surface area (TPSA) is 279 Å². The van der Waals surface area contributed by atoms with Crippen LogP contribution in [0.4, 0.5) is 5.13 Å². The molecule has 0 aliphatic carbocycles. The summed E-state index contributed by atoms with van der Waals surface area (Å²) in [6, 6.07) is 1.26. The second-order valence-electron chi connectivity index (χ2n) is 15.9. The predicted octanol–water partition coefficient (Wildman–Crippen LogP) is -0.205. The average molecular weight is 839 g/mol. The van der Waals surface area contributed by atoms with Crippen molar-refractivity contribution in [3.8, 4) is 11.5 Å². The number of β-lactam (4-membered cyclic amide) rings is 1. The number of nitrogens with two attached hydrogens (primary N) is 1. The van der Waals surface area contributed by atoms with Crippen LogP contribution in [0, 0.1) is 5.41 Å². The largest absolute Gasteiger partial charge is 0.543 e. The normalized spacial score (nSPS) is 25.6. The number of fused-ring (bicyclic) bond motifs is 5. The fourth-order valence-corrected chi connectivity index (χ4v) is 10.1. The highest BCUT2D eigenvalue weighted by Crippen LogP contribution is 2.48. The van der Waals surface area contributed by atoms with Crippen LogP contribution in [0.5, 0.6) is 11.5 Å². The molecule has 3 atom stereocenters. The molecule has 2 bridgehead atoms. The summed E-state index contributed by atoms with van der Waals surface area (Å²) in [5.74, 6) is -5.81. The number of piperidine rings is 3. The summed E-state index contributed by atoms with van der Waals surface area (Å²) in [6.45, 7) is 7.09. The highest BCUT2D eigenvalue weighted by atomic mass is 32.2. The van der Waals surface area contributed by atoms with Gasteiger partial charge in [0.25, 0.3) is 17.7 Å². The highest BCUT2D eigenvalue weighted by molar-refractivity contribution is 8.00. The van der Waals surface area contributed by atoms with E-state index in [1.165, 1.54) is 47.8 Å². The average Bonchev–Trinajstić information content (AvgIpc) is 3.61. The number of aromatic nitrogens is 2. The minimum absolute atomic E-state index is 0.00404. The second kappa shape index (κ2) is 14.6. The summed E-state index contributed by atoms with van der Waals surface area (Å²) in [5, 5.41) is 51.9. The van der Waals surface area contributed by atoms with Crippen LogP contribution in [0.25, 0.3) is 10.9 Å². The number of pyridine rings is 1. The quantitative estimate of drug-likeness (QED) is 0.0453. The van der Waals surface area contributed by atoms with Crippen molar-refractivity contribution in [1.29, 1.82) is 0 Å². The van der Waals surface area contributed by atoms with Gasteiger partial charge < -0.3 is 55.5 Å². The van der Waals surface area contributed by atoms with Gasteiger partial charge in [-0.3, -0.25) is 24.1 Å². The van der Waals surface area contributed by atoms with Crippen LogP contribution in [0.3, 0.4) is 0 Å². The lowest BCUT2D eigenvalue weighted by atomic mass is 9.70. The number of benzene rings is 1. The highest BCUT2D eigenvalue weighted by Gasteiger charge is 2.56. The molecule has 3 aromatic rings. The number of thioether (sulfide) groups is 1. The fraction of sp³-hybridized carbons (Fsp3) is 0.459. The number of hydrogen-bond acceptors (Lipinski definition) is 15. The van der Waals surface area contributed by atoms with Crippen LogP contribution >= 0.6 is 23.1 Å². The Hall–Kier alpha value is -5.67. The van der Waals surface area contributed by atoms with E-state index in [2.05, 4.69) is 20.8 Å². The van der Waals surface area contributed by atoms with E-state index in [0.717, 1.165) is 41.6 Å². The zero-order valence-corrected chi connectivity index (χ0v) is 33.6. The molecule has 3 amide bonds. The molecule has 19 nitrogen and oxygen atoms in total. The molecule has 308 valence electrons. The molecule has 0 spiro atoms. The second-order valence-corrected chi connectivity index (χ2v) is 18.2. The van der Waals surface area contributed by atoms with Crippen LogP contribution in [0.15, 0.2) is 44.9 Å². The number of oxime groups is 1. The number of amides is 3. The maximum atomic E-state index is 13.6.